The second kappa shape index (κ2) is 6.11. The Hall–Kier alpha value is -2.92. The molecule has 0 radical (unpaired) electrons. The van der Waals surface area contributed by atoms with Crippen LogP contribution in [0.5, 0.6) is 0 Å². The number of pyridine rings is 1. The van der Waals surface area contributed by atoms with E-state index in [9.17, 15) is 8.42 Å². The molecule has 2 heterocycles. The van der Waals surface area contributed by atoms with Crippen molar-refractivity contribution in [2.45, 2.75) is 23.8 Å². The van der Waals surface area contributed by atoms with Crippen molar-refractivity contribution in [2.24, 2.45) is 0 Å². The maximum absolute atomic E-state index is 13.5. The third-order valence-corrected chi connectivity index (χ3v) is 6.26. The highest BCUT2D eigenvalue weighted by molar-refractivity contribution is 7.91. The number of aryl methyl sites for hydroxylation is 2. The smallest absolute Gasteiger partial charge is 0.224 e. The normalized spacial score (nSPS) is 11.8. The largest absolute Gasteiger partial charge is 0.290 e. The molecule has 0 aliphatic rings. The van der Waals surface area contributed by atoms with Crippen LogP contribution in [0.1, 0.15) is 11.1 Å². The molecule has 0 aliphatic carbocycles. The summed E-state index contributed by atoms with van der Waals surface area (Å²) in [7, 11) is -3.73. The summed E-state index contributed by atoms with van der Waals surface area (Å²) in [4.78, 5) is 4.90. The van der Waals surface area contributed by atoms with Crippen LogP contribution in [-0.2, 0) is 9.84 Å². The van der Waals surface area contributed by atoms with E-state index in [-0.39, 0.29) is 9.92 Å². The van der Waals surface area contributed by atoms with Gasteiger partial charge < -0.3 is 0 Å². The molecule has 4 nitrogen and oxygen atoms in total. The van der Waals surface area contributed by atoms with Crippen LogP contribution < -0.4 is 0 Å². The Balaban J connectivity index is 2.07. The highest BCUT2D eigenvalue weighted by Gasteiger charge is 2.28. The predicted molar refractivity (Wildman–Crippen MR) is 102 cm³/mol. The summed E-state index contributed by atoms with van der Waals surface area (Å²) in [6.45, 7) is 3.89. The van der Waals surface area contributed by atoms with E-state index in [1.807, 2.05) is 68.4 Å². The van der Waals surface area contributed by atoms with Gasteiger partial charge in [-0.3, -0.25) is 4.40 Å². The number of fused-ring (bicyclic) bond motifs is 1. The van der Waals surface area contributed by atoms with Gasteiger partial charge in [0.2, 0.25) is 9.84 Å². The van der Waals surface area contributed by atoms with Crippen LogP contribution in [0.3, 0.4) is 0 Å². The average Bonchev–Trinajstić information content (AvgIpc) is 3.02. The minimum absolute atomic E-state index is 0.200. The number of imidazole rings is 1. The summed E-state index contributed by atoms with van der Waals surface area (Å²) in [6.07, 6.45) is 1.74. The topological polar surface area (TPSA) is 51.4 Å². The lowest BCUT2D eigenvalue weighted by atomic mass is 10.1. The van der Waals surface area contributed by atoms with Gasteiger partial charge in [-0.05, 0) is 43.7 Å². The number of benzene rings is 2. The van der Waals surface area contributed by atoms with E-state index in [4.69, 9.17) is 0 Å². The second-order valence-electron chi connectivity index (χ2n) is 6.33. The molecule has 0 unspecified atom stereocenters. The van der Waals surface area contributed by atoms with Gasteiger partial charge in [0.05, 0.1) is 4.90 Å². The lowest BCUT2D eigenvalue weighted by Gasteiger charge is -2.09. The molecule has 4 rings (SSSR count). The highest BCUT2D eigenvalue weighted by atomic mass is 32.2. The monoisotopic (exact) mass is 362 g/mol. The van der Waals surface area contributed by atoms with E-state index >= 15 is 0 Å². The first-order valence-corrected chi connectivity index (χ1v) is 9.81. The Kier molecular flexibility index (Phi) is 3.89. The lowest BCUT2D eigenvalue weighted by molar-refractivity contribution is 0.591. The van der Waals surface area contributed by atoms with Gasteiger partial charge in [0, 0.05) is 11.8 Å². The standard InChI is InChI=1S/C21H18N2O2S/c1-15-10-12-17(13-11-15)26(24,25)21-20(18-8-4-3-7-16(18)2)22-19-9-5-6-14-23(19)21/h3-14H,1-2H3. The SMILES string of the molecule is Cc1ccc(S(=O)(=O)c2c(-c3ccccc3C)nc3ccccn23)cc1. The van der Waals surface area contributed by atoms with E-state index in [0.29, 0.717) is 11.3 Å². The minimum atomic E-state index is -3.73. The van der Waals surface area contributed by atoms with Crippen molar-refractivity contribution in [2.75, 3.05) is 0 Å². The number of rotatable bonds is 3. The summed E-state index contributed by atoms with van der Waals surface area (Å²) in [5, 5.41) is 0.200. The molecule has 0 N–H and O–H groups in total. The van der Waals surface area contributed by atoms with Gasteiger partial charge in [-0.2, -0.15) is 0 Å². The molecule has 0 spiro atoms. The van der Waals surface area contributed by atoms with Gasteiger partial charge in [-0.15, -0.1) is 0 Å². The van der Waals surface area contributed by atoms with Crippen molar-refractivity contribution in [1.29, 1.82) is 0 Å². The summed E-state index contributed by atoms with van der Waals surface area (Å²) >= 11 is 0. The average molecular weight is 362 g/mol. The maximum Gasteiger partial charge on any atom is 0.224 e. The van der Waals surface area contributed by atoms with E-state index < -0.39 is 9.84 Å². The summed E-state index contributed by atoms with van der Waals surface area (Å²) in [5.74, 6) is 0. The summed E-state index contributed by atoms with van der Waals surface area (Å²) < 4.78 is 28.6. The second-order valence-corrected chi connectivity index (χ2v) is 8.19. The maximum atomic E-state index is 13.5. The Morgan fingerprint density at radius 3 is 2.27 bits per heavy atom. The number of sulfone groups is 1. The number of hydrogen-bond acceptors (Lipinski definition) is 3. The van der Waals surface area contributed by atoms with E-state index in [2.05, 4.69) is 4.98 Å². The zero-order valence-corrected chi connectivity index (χ0v) is 15.4. The molecular weight excluding hydrogens is 344 g/mol. The summed E-state index contributed by atoms with van der Waals surface area (Å²) in [5.41, 5.74) is 3.91. The number of aromatic nitrogens is 2. The van der Waals surface area contributed by atoms with Gasteiger partial charge >= 0.3 is 0 Å². The zero-order chi connectivity index (χ0) is 18.3. The Morgan fingerprint density at radius 2 is 1.54 bits per heavy atom. The van der Waals surface area contributed by atoms with E-state index in [1.54, 1.807) is 22.7 Å². The van der Waals surface area contributed by atoms with Gasteiger partial charge in [0.15, 0.2) is 5.03 Å². The molecule has 26 heavy (non-hydrogen) atoms. The minimum Gasteiger partial charge on any atom is -0.290 e. The molecule has 0 bridgehead atoms. The fourth-order valence-electron chi connectivity index (χ4n) is 3.07. The molecule has 0 amide bonds. The van der Waals surface area contributed by atoms with Crippen molar-refractivity contribution in [3.05, 3.63) is 84.1 Å². The molecule has 2 aromatic heterocycles. The zero-order valence-electron chi connectivity index (χ0n) is 14.5. The first kappa shape index (κ1) is 16.5. The first-order valence-electron chi connectivity index (χ1n) is 8.33. The van der Waals surface area contributed by atoms with Gasteiger partial charge in [-0.25, -0.2) is 13.4 Å². The quantitative estimate of drug-likeness (QED) is 0.541. The molecule has 5 heteroatoms. The fraction of sp³-hybridized carbons (Fsp3) is 0.0952. The molecule has 0 saturated carbocycles. The van der Waals surface area contributed by atoms with Crippen LogP contribution in [0, 0.1) is 13.8 Å². The van der Waals surface area contributed by atoms with E-state index in [1.165, 1.54) is 0 Å². The fourth-order valence-corrected chi connectivity index (χ4v) is 4.61. The van der Waals surface area contributed by atoms with Gasteiger partial charge in [0.25, 0.3) is 0 Å². The molecule has 2 aromatic carbocycles. The van der Waals surface area contributed by atoms with E-state index in [0.717, 1.165) is 16.7 Å². The molecule has 0 atom stereocenters. The third-order valence-electron chi connectivity index (χ3n) is 4.47. The number of nitrogens with zero attached hydrogens (tertiary/aromatic N) is 2. The van der Waals surface area contributed by atoms with Crippen molar-refractivity contribution in [3.8, 4) is 11.3 Å². The Labute approximate surface area is 152 Å². The van der Waals surface area contributed by atoms with Crippen molar-refractivity contribution in [3.63, 3.8) is 0 Å². The molecule has 0 fully saturated rings. The molecule has 0 aliphatic heterocycles. The third kappa shape index (κ3) is 2.61. The molecule has 130 valence electrons. The van der Waals surface area contributed by atoms with Crippen LogP contribution in [0.25, 0.3) is 16.9 Å². The highest BCUT2D eigenvalue weighted by Crippen LogP contribution is 2.33. The van der Waals surface area contributed by atoms with Gasteiger partial charge in [-0.1, -0.05) is 48.0 Å². The van der Waals surface area contributed by atoms with Crippen LogP contribution >= 0.6 is 0 Å². The van der Waals surface area contributed by atoms with Crippen LogP contribution in [0.4, 0.5) is 0 Å². The Bertz CT molecular complexity index is 1210. The molecular formula is C21H18N2O2S. The van der Waals surface area contributed by atoms with Crippen molar-refractivity contribution in [1.82, 2.24) is 9.38 Å². The lowest BCUT2D eigenvalue weighted by Crippen LogP contribution is -2.07. The van der Waals surface area contributed by atoms with Crippen molar-refractivity contribution >= 4 is 15.5 Å². The Morgan fingerprint density at radius 1 is 0.846 bits per heavy atom. The molecule has 4 aromatic rings. The van der Waals surface area contributed by atoms with Crippen LogP contribution in [-0.4, -0.2) is 17.8 Å². The summed E-state index contributed by atoms with van der Waals surface area (Å²) in [6, 6.07) is 20.1. The van der Waals surface area contributed by atoms with Crippen LogP contribution in [0.15, 0.2) is 82.8 Å². The van der Waals surface area contributed by atoms with Crippen molar-refractivity contribution < 1.29 is 8.42 Å². The predicted octanol–water partition coefficient (Wildman–Crippen LogP) is 4.45. The number of hydrogen-bond donors (Lipinski definition) is 0. The molecule has 0 saturated heterocycles. The first-order chi connectivity index (χ1) is 12.5. The van der Waals surface area contributed by atoms with Crippen LogP contribution in [0.2, 0.25) is 0 Å². The van der Waals surface area contributed by atoms with Gasteiger partial charge in [0.1, 0.15) is 11.3 Å².